The van der Waals surface area contributed by atoms with Crippen molar-refractivity contribution in [1.82, 2.24) is 15.1 Å². The number of anilines is 1. The van der Waals surface area contributed by atoms with Crippen LogP contribution in [-0.2, 0) is 27.4 Å². The molecule has 2 aromatic rings. The molecule has 1 aromatic heterocycles. The van der Waals surface area contributed by atoms with Crippen molar-refractivity contribution in [2.24, 2.45) is 5.73 Å². The Morgan fingerprint density at radius 2 is 2.19 bits per heavy atom. The summed E-state index contributed by atoms with van der Waals surface area (Å²) in [5.41, 5.74) is 7.13. The smallest absolute Gasteiger partial charge is 0.249 e. The molecule has 0 saturated carbocycles. The van der Waals surface area contributed by atoms with Crippen LogP contribution in [0, 0.1) is 0 Å². The van der Waals surface area contributed by atoms with Crippen LogP contribution in [0.15, 0.2) is 42.7 Å². The molecule has 26 heavy (non-hydrogen) atoms. The van der Waals surface area contributed by atoms with Crippen LogP contribution < -0.4 is 16.4 Å². The summed E-state index contributed by atoms with van der Waals surface area (Å²) in [5, 5.41) is 9.70. The summed E-state index contributed by atoms with van der Waals surface area (Å²) in [7, 11) is 0. The number of nitrogens with two attached hydrogens (primary N) is 1. The van der Waals surface area contributed by atoms with E-state index in [0.717, 1.165) is 12.0 Å². The number of benzene rings is 1. The molecule has 3 rings (SSSR count). The minimum absolute atomic E-state index is 0.0286. The van der Waals surface area contributed by atoms with E-state index in [9.17, 15) is 9.59 Å². The third-order valence-corrected chi connectivity index (χ3v) is 4.21. The van der Waals surface area contributed by atoms with Crippen LogP contribution in [0.5, 0.6) is 0 Å². The SMILES string of the molecule is NC[C@H]1CC[C@@H](C(=O)NCc2cccc(NC(=O)Cn3cccn3)c2)O1. The van der Waals surface area contributed by atoms with E-state index in [-0.39, 0.29) is 24.5 Å². The van der Waals surface area contributed by atoms with Crippen LogP contribution in [0.2, 0.25) is 0 Å². The molecule has 4 N–H and O–H groups in total. The van der Waals surface area contributed by atoms with Gasteiger partial charge in [0.05, 0.1) is 6.10 Å². The Hall–Kier alpha value is -2.71. The predicted molar refractivity (Wildman–Crippen MR) is 96.1 cm³/mol. The number of ether oxygens (including phenoxy) is 1. The largest absolute Gasteiger partial charge is 0.364 e. The number of nitrogens with one attached hydrogen (secondary N) is 2. The minimum atomic E-state index is -0.430. The van der Waals surface area contributed by atoms with Gasteiger partial charge in [-0.25, -0.2) is 0 Å². The van der Waals surface area contributed by atoms with Gasteiger partial charge in [0.1, 0.15) is 12.6 Å². The molecule has 8 nitrogen and oxygen atoms in total. The second-order valence-corrected chi connectivity index (χ2v) is 6.23. The van der Waals surface area contributed by atoms with E-state index in [1.54, 1.807) is 29.2 Å². The normalized spacial score (nSPS) is 19.3. The van der Waals surface area contributed by atoms with E-state index in [4.69, 9.17) is 10.5 Å². The highest BCUT2D eigenvalue weighted by Gasteiger charge is 2.29. The fourth-order valence-electron chi connectivity index (χ4n) is 2.88. The molecule has 0 bridgehead atoms. The first-order chi connectivity index (χ1) is 12.6. The van der Waals surface area contributed by atoms with Gasteiger partial charge in [-0.2, -0.15) is 5.10 Å². The molecular formula is C18H23N5O3. The average molecular weight is 357 g/mol. The van der Waals surface area contributed by atoms with Crippen LogP contribution in [-0.4, -0.2) is 40.3 Å². The zero-order valence-electron chi connectivity index (χ0n) is 14.4. The van der Waals surface area contributed by atoms with Crippen LogP contribution >= 0.6 is 0 Å². The Kier molecular flexibility index (Phi) is 5.98. The van der Waals surface area contributed by atoms with Gasteiger partial charge < -0.3 is 21.1 Å². The van der Waals surface area contributed by atoms with Gasteiger partial charge in [0, 0.05) is 31.2 Å². The molecular weight excluding hydrogens is 334 g/mol. The van der Waals surface area contributed by atoms with Crippen molar-refractivity contribution >= 4 is 17.5 Å². The lowest BCUT2D eigenvalue weighted by Gasteiger charge is -2.13. The second kappa shape index (κ2) is 8.59. The topological polar surface area (TPSA) is 111 Å². The van der Waals surface area contributed by atoms with Crippen LogP contribution in [0.1, 0.15) is 18.4 Å². The molecule has 0 unspecified atom stereocenters. The quantitative estimate of drug-likeness (QED) is 0.673. The number of hydrogen-bond donors (Lipinski definition) is 3. The van der Waals surface area contributed by atoms with Crippen molar-refractivity contribution in [2.75, 3.05) is 11.9 Å². The molecule has 2 atom stereocenters. The van der Waals surface area contributed by atoms with Gasteiger partial charge in [-0.3, -0.25) is 14.3 Å². The highest BCUT2D eigenvalue weighted by molar-refractivity contribution is 5.90. The third-order valence-electron chi connectivity index (χ3n) is 4.21. The summed E-state index contributed by atoms with van der Waals surface area (Å²) in [6.45, 7) is 0.953. The Morgan fingerprint density at radius 3 is 2.92 bits per heavy atom. The lowest BCUT2D eigenvalue weighted by Crippen LogP contribution is -2.35. The molecule has 0 aliphatic carbocycles. The Morgan fingerprint density at radius 1 is 1.31 bits per heavy atom. The van der Waals surface area contributed by atoms with Gasteiger partial charge in [0.2, 0.25) is 11.8 Å². The molecule has 2 heterocycles. The molecule has 138 valence electrons. The van der Waals surface area contributed by atoms with Crippen LogP contribution in [0.3, 0.4) is 0 Å². The number of aromatic nitrogens is 2. The van der Waals surface area contributed by atoms with Crippen molar-refractivity contribution in [3.05, 3.63) is 48.3 Å². The fraction of sp³-hybridized carbons (Fsp3) is 0.389. The van der Waals surface area contributed by atoms with Gasteiger partial charge in [0.25, 0.3) is 0 Å². The van der Waals surface area contributed by atoms with E-state index in [1.165, 1.54) is 0 Å². The zero-order chi connectivity index (χ0) is 18.4. The number of amides is 2. The Labute approximate surface area is 151 Å². The van der Waals surface area contributed by atoms with Gasteiger partial charge in [-0.05, 0) is 36.6 Å². The molecule has 1 aromatic carbocycles. The number of carbonyl (C=O) groups excluding carboxylic acids is 2. The van der Waals surface area contributed by atoms with Crippen LogP contribution in [0.25, 0.3) is 0 Å². The lowest BCUT2D eigenvalue weighted by atomic mass is 10.1. The van der Waals surface area contributed by atoms with Gasteiger partial charge in [-0.1, -0.05) is 12.1 Å². The number of rotatable bonds is 7. The lowest BCUT2D eigenvalue weighted by molar-refractivity contribution is -0.132. The first-order valence-electron chi connectivity index (χ1n) is 8.63. The summed E-state index contributed by atoms with van der Waals surface area (Å²) in [5.74, 6) is -0.295. The first-order valence-corrected chi connectivity index (χ1v) is 8.63. The number of carbonyl (C=O) groups is 2. The third kappa shape index (κ3) is 4.90. The standard InChI is InChI=1S/C18H23N5O3/c19-10-15-5-6-16(26-15)18(25)20-11-13-3-1-4-14(9-13)22-17(24)12-23-8-2-7-21-23/h1-4,7-9,15-16H,5-6,10-12,19H2,(H,20,25)(H,22,24)/t15-,16+/m1/s1. The fourth-order valence-corrected chi connectivity index (χ4v) is 2.88. The van der Waals surface area contributed by atoms with Crippen molar-refractivity contribution in [1.29, 1.82) is 0 Å². The van der Waals surface area contributed by atoms with Gasteiger partial charge >= 0.3 is 0 Å². The summed E-state index contributed by atoms with van der Waals surface area (Å²) in [6, 6.07) is 9.13. The second-order valence-electron chi connectivity index (χ2n) is 6.23. The molecule has 2 amide bonds. The molecule has 1 aliphatic rings. The average Bonchev–Trinajstić information content (AvgIpc) is 3.31. The monoisotopic (exact) mass is 357 g/mol. The summed E-state index contributed by atoms with van der Waals surface area (Å²) < 4.78 is 7.14. The van der Waals surface area contributed by atoms with E-state index in [0.29, 0.717) is 25.2 Å². The maximum Gasteiger partial charge on any atom is 0.249 e. The number of nitrogens with zero attached hydrogens (tertiary/aromatic N) is 2. The van der Waals surface area contributed by atoms with Gasteiger partial charge in [-0.15, -0.1) is 0 Å². The van der Waals surface area contributed by atoms with E-state index >= 15 is 0 Å². The van der Waals surface area contributed by atoms with E-state index < -0.39 is 6.10 Å². The van der Waals surface area contributed by atoms with Gasteiger partial charge in [0.15, 0.2) is 0 Å². The molecule has 8 heteroatoms. The zero-order valence-corrected chi connectivity index (χ0v) is 14.4. The highest BCUT2D eigenvalue weighted by atomic mass is 16.5. The molecule has 0 spiro atoms. The molecule has 0 radical (unpaired) electrons. The van der Waals surface area contributed by atoms with Crippen molar-refractivity contribution in [3.63, 3.8) is 0 Å². The summed E-state index contributed by atoms with van der Waals surface area (Å²) in [6.07, 6.45) is 4.40. The highest BCUT2D eigenvalue weighted by Crippen LogP contribution is 2.19. The number of hydrogen-bond acceptors (Lipinski definition) is 5. The van der Waals surface area contributed by atoms with Crippen molar-refractivity contribution in [3.8, 4) is 0 Å². The predicted octanol–water partition coefficient (Wildman–Crippen LogP) is 0.644. The van der Waals surface area contributed by atoms with Crippen molar-refractivity contribution in [2.45, 2.75) is 38.1 Å². The minimum Gasteiger partial charge on any atom is -0.364 e. The molecule has 1 aliphatic heterocycles. The Bertz CT molecular complexity index is 747. The summed E-state index contributed by atoms with van der Waals surface area (Å²) >= 11 is 0. The summed E-state index contributed by atoms with van der Waals surface area (Å²) in [4.78, 5) is 24.2. The maximum atomic E-state index is 12.2. The molecule has 1 fully saturated rings. The molecule has 1 saturated heterocycles. The Balaban J connectivity index is 1.49. The first kappa shape index (κ1) is 18.1. The van der Waals surface area contributed by atoms with E-state index in [2.05, 4.69) is 15.7 Å². The maximum absolute atomic E-state index is 12.2. The van der Waals surface area contributed by atoms with Crippen molar-refractivity contribution < 1.29 is 14.3 Å². The van der Waals surface area contributed by atoms with E-state index in [1.807, 2.05) is 18.2 Å². The van der Waals surface area contributed by atoms with Crippen LogP contribution in [0.4, 0.5) is 5.69 Å².